The lowest BCUT2D eigenvalue weighted by Gasteiger charge is -2.22. The Morgan fingerprint density at radius 2 is 1.89 bits per heavy atom. The van der Waals surface area contributed by atoms with Gasteiger partial charge >= 0.3 is 0 Å². The molecular formula is C23H36N4. The first-order valence-corrected chi connectivity index (χ1v) is 9.56. The van der Waals surface area contributed by atoms with Crippen LogP contribution in [0, 0.1) is 19.8 Å². The molecule has 0 radical (unpaired) electrons. The van der Waals surface area contributed by atoms with Crippen LogP contribution in [0.2, 0.25) is 0 Å². The van der Waals surface area contributed by atoms with E-state index in [1.165, 1.54) is 0 Å². The summed E-state index contributed by atoms with van der Waals surface area (Å²) < 4.78 is 0. The predicted octanol–water partition coefficient (Wildman–Crippen LogP) is 5.34. The van der Waals surface area contributed by atoms with Crippen LogP contribution in [0.4, 0.5) is 5.69 Å². The van der Waals surface area contributed by atoms with Crippen molar-refractivity contribution in [1.29, 1.82) is 0 Å². The van der Waals surface area contributed by atoms with Gasteiger partial charge in [-0.05, 0) is 63.8 Å². The normalized spacial score (nSPS) is 14.9. The average Bonchev–Trinajstić information content (AvgIpc) is 2.61. The number of aromatic nitrogens is 1. The number of hydrogen-bond acceptors (Lipinski definition) is 4. The third kappa shape index (κ3) is 6.63. The van der Waals surface area contributed by atoms with E-state index in [-0.39, 0.29) is 0 Å². The topological polar surface area (TPSA) is 63.0 Å². The Hall–Kier alpha value is -2.49. The lowest BCUT2D eigenvalue weighted by molar-refractivity contribution is 0.417. The number of nitrogens with one attached hydrogen (secondary N) is 2. The smallest absolute Gasteiger partial charge is 0.0573 e. The van der Waals surface area contributed by atoms with Crippen LogP contribution in [0.15, 0.2) is 59.7 Å². The van der Waals surface area contributed by atoms with E-state index in [1.807, 2.05) is 26.0 Å². The number of rotatable bonds is 9. The lowest BCUT2D eigenvalue weighted by atomic mass is 10.00. The van der Waals surface area contributed by atoms with Crippen molar-refractivity contribution in [3.63, 3.8) is 0 Å². The van der Waals surface area contributed by atoms with E-state index in [1.54, 1.807) is 6.20 Å². The van der Waals surface area contributed by atoms with Crippen molar-refractivity contribution in [3.8, 4) is 0 Å². The van der Waals surface area contributed by atoms with E-state index in [9.17, 15) is 0 Å². The van der Waals surface area contributed by atoms with Gasteiger partial charge in [-0.2, -0.15) is 0 Å². The number of nitrogens with two attached hydrogens (primary N) is 1. The van der Waals surface area contributed by atoms with Gasteiger partial charge in [0.2, 0.25) is 0 Å². The minimum Gasteiger partial charge on any atom is -0.399 e. The van der Waals surface area contributed by atoms with Gasteiger partial charge in [-0.3, -0.25) is 4.98 Å². The third-order valence-electron chi connectivity index (χ3n) is 5.20. The molecule has 0 aliphatic carbocycles. The van der Waals surface area contributed by atoms with E-state index >= 15 is 0 Å². The van der Waals surface area contributed by atoms with E-state index in [0.29, 0.717) is 23.4 Å². The highest BCUT2D eigenvalue weighted by Crippen LogP contribution is 2.21. The number of nitrogens with zero attached hydrogens (tertiary/aromatic N) is 1. The SMILES string of the molecule is C=C(N)/C(=C/C(C)=C(\C)NC(C)[C@@H](C)CC)C(=C)Nc1cnc(C)c(C)c1. The van der Waals surface area contributed by atoms with Gasteiger partial charge in [0.1, 0.15) is 0 Å². The second kappa shape index (κ2) is 10.0. The molecule has 0 aromatic carbocycles. The van der Waals surface area contributed by atoms with Gasteiger partial charge in [0, 0.05) is 34.4 Å². The summed E-state index contributed by atoms with van der Waals surface area (Å²) in [6.07, 6.45) is 4.97. The zero-order valence-electron chi connectivity index (χ0n) is 18.0. The zero-order chi connectivity index (χ0) is 20.7. The molecule has 4 nitrogen and oxygen atoms in total. The Kier molecular flexibility index (Phi) is 8.35. The van der Waals surface area contributed by atoms with Gasteiger partial charge in [-0.15, -0.1) is 0 Å². The summed E-state index contributed by atoms with van der Waals surface area (Å²) in [4.78, 5) is 4.39. The van der Waals surface area contributed by atoms with Crippen molar-refractivity contribution in [3.05, 3.63) is 71.0 Å². The second-order valence-electron chi connectivity index (χ2n) is 7.44. The van der Waals surface area contributed by atoms with Crippen molar-refractivity contribution in [2.45, 2.75) is 60.9 Å². The molecule has 4 heteroatoms. The van der Waals surface area contributed by atoms with Crippen LogP contribution in [0.5, 0.6) is 0 Å². The molecule has 1 rings (SSSR count). The highest BCUT2D eigenvalue weighted by atomic mass is 14.9. The Morgan fingerprint density at radius 3 is 2.41 bits per heavy atom. The van der Waals surface area contributed by atoms with Crippen molar-refractivity contribution < 1.29 is 0 Å². The summed E-state index contributed by atoms with van der Waals surface area (Å²) in [5.74, 6) is 0.606. The highest BCUT2D eigenvalue weighted by molar-refractivity contribution is 5.58. The van der Waals surface area contributed by atoms with Gasteiger partial charge in [0.05, 0.1) is 11.9 Å². The lowest BCUT2D eigenvalue weighted by Crippen LogP contribution is -2.30. The summed E-state index contributed by atoms with van der Waals surface area (Å²) in [7, 11) is 0. The summed E-state index contributed by atoms with van der Waals surface area (Å²) >= 11 is 0. The van der Waals surface area contributed by atoms with Crippen LogP contribution >= 0.6 is 0 Å². The molecule has 1 aromatic rings. The number of allylic oxidation sites excluding steroid dienone is 3. The van der Waals surface area contributed by atoms with Gasteiger partial charge in [-0.25, -0.2) is 0 Å². The van der Waals surface area contributed by atoms with Crippen molar-refractivity contribution in [2.75, 3.05) is 5.32 Å². The molecule has 148 valence electrons. The first kappa shape index (κ1) is 22.6. The summed E-state index contributed by atoms with van der Waals surface area (Å²) in [5.41, 5.74) is 13.3. The molecule has 0 amide bonds. The summed E-state index contributed by atoms with van der Waals surface area (Å²) in [6, 6.07) is 2.46. The molecule has 2 atom stereocenters. The third-order valence-corrected chi connectivity index (χ3v) is 5.20. The fourth-order valence-electron chi connectivity index (χ4n) is 2.60. The quantitative estimate of drug-likeness (QED) is 0.515. The van der Waals surface area contributed by atoms with Crippen LogP contribution in [0.3, 0.4) is 0 Å². The van der Waals surface area contributed by atoms with Crippen LogP contribution < -0.4 is 16.4 Å². The monoisotopic (exact) mass is 368 g/mol. The van der Waals surface area contributed by atoms with Gasteiger partial charge in [0.15, 0.2) is 0 Å². The molecule has 0 saturated carbocycles. The molecule has 27 heavy (non-hydrogen) atoms. The Bertz CT molecular complexity index is 756. The van der Waals surface area contributed by atoms with Crippen molar-refractivity contribution in [2.24, 2.45) is 11.7 Å². The predicted molar refractivity (Wildman–Crippen MR) is 118 cm³/mol. The molecule has 0 fully saturated rings. The van der Waals surface area contributed by atoms with E-state index in [0.717, 1.165) is 40.2 Å². The van der Waals surface area contributed by atoms with Crippen LogP contribution in [0.1, 0.15) is 52.3 Å². The molecule has 1 unspecified atom stereocenters. The van der Waals surface area contributed by atoms with Crippen molar-refractivity contribution >= 4 is 5.69 Å². The van der Waals surface area contributed by atoms with E-state index in [2.05, 4.69) is 63.4 Å². The highest BCUT2D eigenvalue weighted by Gasteiger charge is 2.11. The van der Waals surface area contributed by atoms with Crippen molar-refractivity contribution in [1.82, 2.24) is 10.3 Å². The van der Waals surface area contributed by atoms with Gasteiger partial charge < -0.3 is 16.4 Å². The molecule has 0 aliphatic rings. The summed E-state index contributed by atoms with van der Waals surface area (Å²) in [5, 5.41) is 6.88. The zero-order valence-corrected chi connectivity index (χ0v) is 18.0. The number of pyridine rings is 1. The van der Waals surface area contributed by atoms with E-state index < -0.39 is 0 Å². The molecule has 0 saturated heterocycles. The largest absolute Gasteiger partial charge is 0.399 e. The fourth-order valence-corrected chi connectivity index (χ4v) is 2.60. The van der Waals surface area contributed by atoms with Crippen LogP contribution in [-0.4, -0.2) is 11.0 Å². The number of anilines is 1. The summed E-state index contributed by atoms with van der Waals surface area (Å²) in [6.45, 7) is 22.9. The van der Waals surface area contributed by atoms with E-state index in [4.69, 9.17) is 5.73 Å². The number of aryl methyl sites for hydroxylation is 2. The van der Waals surface area contributed by atoms with Gasteiger partial charge in [0.25, 0.3) is 0 Å². The molecule has 0 aliphatic heterocycles. The Labute approximate surface area is 165 Å². The maximum Gasteiger partial charge on any atom is 0.0573 e. The van der Waals surface area contributed by atoms with Crippen LogP contribution in [0.25, 0.3) is 0 Å². The molecule has 1 heterocycles. The maximum atomic E-state index is 6.04. The average molecular weight is 369 g/mol. The standard InChI is InChI=1S/C23H36N4/c1-10-14(2)19(7)26-20(8)16(4)12-23(17(5)24)21(9)27-22-11-15(3)18(6)25-13-22/h11-14,19,26-27H,5,9-10,24H2,1-4,6-8H3/b20-16+,23-12-/t14-,19?/m0/s1. The Morgan fingerprint density at radius 1 is 1.26 bits per heavy atom. The molecule has 4 N–H and O–H groups in total. The maximum absolute atomic E-state index is 6.04. The molecule has 0 spiro atoms. The molecule has 1 aromatic heterocycles. The minimum atomic E-state index is 0.408. The number of hydrogen-bond donors (Lipinski definition) is 3. The fraction of sp³-hybridized carbons (Fsp3) is 0.435. The minimum absolute atomic E-state index is 0.408. The molecular weight excluding hydrogens is 332 g/mol. The Balaban J connectivity index is 3.04. The first-order valence-electron chi connectivity index (χ1n) is 9.56. The first-order chi connectivity index (χ1) is 12.6. The molecule has 0 bridgehead atoms. The van der Waals surface area contributed by atoms with Gasteiger partial charge in [-0.1, -0.05) is 33.4 Å². The second-order valence-corrected chi connectivity index (χ2v) is 7.44. The van der Waals surface area contributed by atoms with Crippen LogP contribution in [-0.2, 0) is 0 Å².